The molecular weight excluding hydrogens is 426 g/mol. The van der Waals surface area contributed by atoms with E-state index in [1.807, 2.05) is 0 Å². The normalized spacial score (nSPS) is 17.2. The van der Waals surface area contributed by atoms with E-state index in [0.29, 0.717) is 3.63 Å². The van der Waals surface area contributed by atoms with Crippen LogP contribution in [-0.2, 0) is 37.6 Å². The number of allylic oxidation sites excluding steroid dienone is 1. The fraction of sp³-hybridized carbons (Fsp3) is 0.263. The molecule has 0 amide bonds. The molecule has 2 aromatic rings. The van der Waals surface area contributed by atoms with E-state index < -0.39 is 0 Å². The van der Waals surface area contributed by atoms with Gasteiger partial charge in [0.25, 0.3) is 0 Å². The van der Waals surface area contributed by atoms with Crippen molar-refractivity contribution in [2.24, 2.45) is 0 Å². The van der Waals surface area contributed by atoms with Gasteiger partial charge >= 0.3 is 136 Å². The summed E-state index contributed by atoms with van der Waals surface area (Å²) in [5.74, 6) is 0. The molecular formula is C19H17Cl3Zr. The molecule has 2 aliphatic rings. The fourth-order valence-electron chi connectivity index (χ4n) is 3.67. The first kappa shape index (κ1) is 21.0. The first-order valence-electron chi connectivity index (χ1n) is 7.39. The molecule has 0 saturated heterocycles. The molecule has 2 aromatic carbocycles. The summed E-state index contributed by atoms with van der Waals surface area (Å²) in [5, 5.41) is 0. The van der Waals surface area contributed by atoms with Crippen molar-refractivity contribution in [1.29, 1.82) is 0 Å². The Labute approximate surface area is 172 Å². The second-order valence-corrected chi connectivity index (χ2v) is 7.35. The van der Waals surface area contributed by atoms with Gasteiger partial charge in [-0.1, -0.05) is 0 Å². The Bertz CT molecular complexity index is 723. The minimum Gasteiger partial charge on any atom is -1.00 e. The van der Waals surface area contributed by atoms with Gasteiger partial charge in [0.05, 0.1) is 0 Å². The van der Waals surface area contributed by atoms with Crippen molar-refractivity contribution in [2.75, 3.05) is 0 Å². The number of benzene rings is 2. The van der Waals surface area contributed by atoms with Crippen LogP contribution >= 0.6 is 0 Å². The van der Waals surface area contributed by atoms with Crippen LogP contribution in [0.25, 0.3) is 17.2 Å². The minimum atomic E-state index is 0. The third kappa shape index (κ3) is 3.50. The van der Waals surface area contributed by atoms with Gasteiger partial charge in [0.2, 0.25) is 0 Å². The summed E-state index contributed by atoms with van der Waals surface area (Å²) >= 11 is 1.62. The maximum absolute atomic E-state index is 2.51. The van der Waals surface area contributed by atoms with E-state index in [0.717, 1.165) is 0 Å². The first-order chi connectivity index (χ1) is 9.75. The molecule has 0 spiro atoms. The fourth-order valence-corrected chi connectivity index (χ4v) is 4.46. The van der Waals surface area contributed by atoms with E-state index in [9.17, 15) is 0 Å². The third-order valence-electron chi connectivity index (χ3n) is 4.67. The summed E-state index contributed by atoms with van der Waals surface area (Å²) in [4.78, 5) is 0. The molecule has 2 aliphatic carbocycles. The van der Waals surface area contributed by atoms with Crippen LogP contribution in [0.1, 0.15) is 39.2 Å². The van der Waals surface area contributed by atoms with Crippen LogP contribution < -0.4 is 37.2 Å². The molecule has 0 aliphatic heterocycles. The predicted molar refractivity (Wildman–Crippen MR) is 80.3 cm³/mol. The van der Waals surface area contributed by atoms with Crippen LogP contribution in [0, 0.1) is 0 Å². The Morgan fingerprint density at radius 2 is 1.70 bits per heavy atom. The van der Waals surface area contributed by atoms with Crippen LogP contribution in [0.4, 0.5) is 0 Å². The second-order valence-electron chi connectivity index (χ2n) is 5.93. The van der Waals surface area contributed by atoms with Gasteiger partial charge in [-0.3, -0.25) is 0 Å². The first-order valence-corrected chi connectivity index (χ1v) is 8.81. The van der Waals surface area contributed by atoms with Gasteiger partial charge in [-0.15, -0.1) is 0 Å². The van der Waals surface area contributed by atoms with Crippen LogP contribution in [0.2, 0.25) is 0 Å². The maximum atomic E-state index is 2.51. The number of halogens is 3. The molecule has 23 heavy (non-hydrogen) atoms. The van der Waals surface area contributed by atoms with E-state index in [1.165, 1.54) is 36.0 Å². The Kier molecular flexibility index (Phi) is 7.61. The molecule has 0 nitrogen and oxygen atoms in total. The molecule has 0 saturated carbocycles. The number of rotatable bonds is 1. The number of hydrogen-bond acceptors (Lipinski definition) is 0. The molecule has 0 fully saturated rings. The van der Waals surface area contributed by atoms with E-state index in [1.54, 1.807) is 47.0 Å². The molecule has 4 heteroatoms. The summed E-state index contributed by atoms with van der Waals surface area (Å²) < 4.78 is 0.672. The molecule has 0 heterocycles. The van der Waals surface area contributed by atoms with Gasteiger partial charge in [0.1, 0.15) is 0 Å². The van der Waals surface area contributed by atoms with Crippen molar-refractivity contribution in [3.63, 3.8) is 0 Å². The van der Waals surface area contributed by atoms with Crippen LogP contribution in [0.3, 0.4) is 0 Å². The summed E-state index contributed by atoms with van der Waals surface area (Å²) in [6, 6.07) is 13.5. The van der Waals surface area contributed by atoms with Gasteiger partial charge in [0.15, 0.2) is 0 Å². The third-order valence-corrected chi connectivity index (χ3v) is 6.56. The Morgan fingerprint density at radius 1 is 1.00 bits per heavy atom. The number of fused-ring (bicyclic) bond motifs is 2. The molecule has 1 unspecified atom stereocenters. The predicted octanol–water partition coefficient (Wildman–Crippen LogP) is -4.14. The van der Waals surface area contributed by atoms with Crippen molar-refractivity contribution in [3.05, 3.63) is 64.2 Å². The summed E-state index contributed by atoms with van der Waals surface area (Å²) in [6.45, 7) is 2.29. The van der Waals surface area contributed by atoms with E-state index in [4.69, 9.17) is 0 Å². The van der Waals surface area contributed by atoms with Gasteiger partial charge in [0, 0.05) is 0 Å². The Hall–Kier alpha value is -0.0669. The van der Waals surface area contributed by atoms with Crippen molar-refractivity contribution >= 4 is 6.08 Å². The average molecular weight is 443 g/mol. The Balaban J connectivity index is 0.000000882. The monoisotopic (exact) mass is 440 g/mol. The maximum Gasteiger partial charge on any atom is -1.00 e. The van der Waals surface area contributed by atoms with Crippen LogP contribution in [-0.4, -0.2) is 0 Å². The summed E-state index contributed by atoms with van der Waals surface area (Å²) in [7, 11) is 0. The van der Waals surface area contributed by atoms with E-state index >= 15 is 0 Å². The Morgan fingerprint density at radius 3 is 2.39 bits per heavy atom. The van der Waals surface area contributed by atoms with Crippen molar-refractivity contribution in [2.45, 2.75) is 29.8 Å². The average Bonchev–Trinajstić information content (AvgIpc) is 3.04. The van der Waals surface area contributed by atoms with E-state index in [-0.39, 0.29) is 37.2 Å². The molecule has 4 rings (SSSR count). The van der Waals surface area contributed by atoms with E-state index in [2.05, 4.69) is 49.4 Å². The van der Waals surface area contributed by atoms with Gasteiger partial charge in [-0.2, -0.15) is 0 Å². The van der Waals surface area contributed by atoms with Crippen molar-refractivity contribution in [1.82, 2.24) is 0 Å². The quantitative estimate of drug-likeness (QED) is 0.421. The summed E-state index contributed by atoms with van der Waals surface area (Å²) in [6.07, 6.45) is 6.28. The number of hydrogen-bond donors (Lipinski definition) is 0. The van der Waals surface area contributed by atoms with Crippen LogP contribution in [0.15, 0.2) is 42.0 Å². The zero-order valence-electron chi connectivity index (χ0n) is 12.9. The van der Waals surface area contributed by atoms with Crippen molar-refractivity contribution < 1.29 is 61.9 Å². The smallest absolute Gasteiger partial charge is 1.00 e. The van der Waals surface area contributed by atoms with Crippen LogP contribution in [0.5, 0.6) is 0 Å². The van der Waals surface area contributed by atoms with Gasteiger partial charge in [-0.05, 0) is 0 Å². The molecule has 0 aromatic heterocycles. The van der Waals surface area contributed by atoms with Crippen molar-refractivity contribution in [3.8, 4) is 11.1 Å². The molecule has 0 bridgehead atoms. The molecule has 1 atom stereocenters. The van der Waals surface area contributed by atoms with Gasteiger partial charge in [-0.25, -0.2) is 0 Å². The second kappa shape index (κ2) is 8.35. The molecule has 118 valence electrons. The standard InChI is InChI=1S/C19H17.3ClH.Zr/c1-13-10-16-12-15-8-5-9-17(15)19(18(16)11-13)14-6-3-2-4-7-14;;;;/h2-4,6-7,10-12H,5,8-9H2,1H3;3*1H;/q;;;;+3/p-3. The zero-order valence-corrected chi connectivity index (χ0v) is 17.6. The van der Waals surface area contributed by atoms with Gasteiger partial charge < -0.3 is 37.2 Å². The SMILES string of the molecule is CC1=Cc2c(cc3c(c2-c2ccccc2)CCC3)[CH]1[Zr+3].[Cl-].[Cl-].[Cl-]. The summed E-state index contributed by atoms with van der Waals surface area (Å²) in [5.41, 5.74) is 10.8. The topological polar surface area (TPSA) is 0 Å². The minimum absolute atomic E-state index is 0. The zero-order chi connectivity index (χ0) is 13.7. The molecule has 0 N–H and O–H groups in total. The number of aryl methyl sites for hydroxylation is 1. The largest absolute Gasteiger partial charge is 1.00 e. The molecule has 0 radical (unpaired) electrons.